The Kier molecular flexibility index (Phi) is 5.83. The smallest absolute Gasteiger partial charge is 0.334 e. The highest BCUT2D eigenvalue weighted by atomic mass is 16.5. The molecule has 1 heterocycles. The Balaban J connectivity index is 1.80. The lowest BCUT2D eigenvalue weighted by Crippen LogP contribution is -2.47. The SMILES string of the molecule is CCOc1ccccc1OCCN1CCOC(C(=O)O)C1. The Morgan fingerprint density at radius 2 is 2.10 bits per heavy atom. The normalized spacial score (nSPS) is 19.2. The van der Waals surface area contributed by atoms with E-state index in [1.54, 1.807) is 0 Å². The van der Waals surface area contributed by atoms with E-state index in [2.05, 4.69) is 0 Å². The van der Waals surface area contributed by atoms with Crippen LogP contribution in [0.25, 0.3) is 0 Å². The minimum absolute atomic E-state index is 0.395. The van der Waals surface area contributed by atoms with Crippen molar-refractivity contribution in [1.29, 1.82) is 0 Å². The van der Waals surface area contributed by atoms with Crippen molar-refractivity contribution < 1.29 is 24.1 Å². The predicted octanol–water partition coefficient (Wildman–Crippen LogP) is 1.25. The second-order valence-corrected chi connectivity index (χ2v) is 4.73. The Morgan fingerprint density at radius 3 is 2.76 bits per heavy atom. The summed E-state index contributed by atoms with van der Waals surface area (Å²) >= 11 is 0. The van der Waals surface area contributed by atoms with Crippen molar-refractivity contribution in [2.45, 2.75) is 13.0 Å². The quantitative estimate of drug-likeness (QED) is 0.816. The van der Waals surface area contributed by atoms with Crippen molar-refractivity contribution in [2.24, 2.45) is 0 Å². The summed E-state index contributed by atoms with van der Waals surface area (Å²) in [6.07, 6.45) is -0.741. The molecule has 1 fully saturated rings. The first-order valence-corrected chi connectivity index (χ1v) is 7.12. The number of para-hydroxylation sites is 2. The summed E-state index contributed by atoms with van der Waals surface area (Å²) in [5, 5.41) is 8.96. The van der Waals surface area contributed by atoms with Gasteiger partial charge in [0.05, 0.1) is 13.2 Å². The number of morpholine rings is 1. The van der Waals surface area contributed by atoms with Crippen molar-refractivity contribution in [3.63, 3.8) is 0 Å². The van der Waals surface area contributed by atoms with Crippen LogP contribution < -0.4 is 9.47 Å². The number of benzene rings is 1. The van der Waals surface area contributed by atoms with E-state index in [1.807, 2.05) is 36.1 Å². The van der Waals surface area contributed by atoms with Crippen molar-refractivity contribution in [3.8, 4) is 11.5 Å². The molecule has 0 bridgehead atoms. The zero-order valence-electron chi connectivity index (χ0n) is 12.2. The minimum Gasteiger partial charge on any atom is -0.490 e. The van der Waals surface area contributed by atoms with Gasteiger partial charge in [-0.3, -0.25) is 4.90 Å². The number of hydrogen-bond acceptors (Lipinski definition) is 5. The van der Waals surface area contributed by atoms with Crippen LogP contribution in [0, 0.1) is 0 Å². The summed E-state index contributed by atoms with van der Waals surface area (Å²) in [6, 6.07) is 7.53. The van der Waals surface area contributed by atoms with E-state index in [0.29, 0.717) is 38.7 Å². The van der Waals surface area contributed by atoms with E-state index in [9.17, 15) is 4.79 Å². The number of carboxylic acids is 1. The van der Waals surface area contributed by atoms with Crippen LogP contribution in [0.1, 0.15) is 6.92 Å². The lowest BCUT2D eigenvalue weighted by Gasteiger charge is -2.30. The van der Waals surface area contributed by atoms with Crippen LogP contribution in [0.3, 0.4) is 0 Å². The molecule has 0 aromatic heterocycles. The fourth-order valence-corrected chi connectivity index (χ4v) is 2.18. The van der Waals surface area contributed by atoms with Gasteiger partial charge in [0.15, 0.2) is 17.6 Å². The molecule has 6 heteroatoms. The van der Waals surface area contributed by atoms with Crippen LogP contribution in [0.4, 0.5) is 0 Å². The molecule has 1 atom stereocenters. The molecule has 1 aliphatic rings. The van der Waals surface area contributed by atoms with E-state index < -0.39 is 12.1 Å². The molecule has 1 unspecified atom stereocenters. The summed E-state index contributed by atoms with van der Waals surface area (Å²) < 4.78 is 16.4. The van der Waals surface area contributed by atoms with Gasteiger partial charge in [-0.25, -0.2) is 4.79 Å². The second-order valence-electron chi connectivity index (χ2n) is 4.73. The molecule has 2 rings (SSSR count). The van der Waals surface area contributed by atoms with Crippen LogP contribution in [-0.4, -0.2) is 61.5 Å². The zero-order valence-corrected chi connectivity index (χ0v) is 12.2. The fraction of sp³-hybridized carbons (Fsp3) is 0.533. The maximum atomic E-state index is 10.9. The molecule has 0 radical (unpaired) electrons. The van der Waals surface area contributed by atoms with Crippen LogP contribution in [0.15, 0.2) is 24.3 Å². The van der Waals surface area contributed by atoms with Gasteiger partial charge in [0, 0.05) is 19.6 Å². The molecule has 6 nitrogen and oxygen atoms in total. The van der Waals surface area contributed by atoms with Crippen LogP contribution in [-0.2, 0) is 9.53 Å². The first-order chi connectivity index (χ1) is 10.2. The molecule has 0 spiro atoms. The Bertz CT molecular complexity index is 465. The van der Waals surface area contributed by atoms with Gasteiger partial charge in [0.25, 0.3) is 0 Å². The van der Waals surface area contributed by atoms with Gasteiger partial charge in [-0.1, -0.05) is 12.1 Å². The average Bonchev–Trinajstić information content (AvgIpc) is 2.49. The molecule has 1 N–H and O–H groups in total. The predicted molar refractivity (Wildman–Crippen MR) is 76.9 cm³/mol. The largest absolute Gasteiger partial charge is 0.490 e. The van der Waals surface area contributed by atoms with Gasteiger partial charge in [-0.15, -0.1) is 0 Å². The van der Waals surface area contributed by atoms with Gasteiger partial charge >= 0.3 is 5.97 Å². The summed E-state index contributed by atoms with van der Waals surface area (Å²) in [4.78, 5) is 12.9. The molecule has 0 saturated carbocycles. The van der Waals surface area contributed by atoms with Gasteiger partial charge in [0.1, 0.15) is 6.61 Å². The van der Waals surface area contributed by atoms with E-state index in [1.165, 1.54) is 0 Å². The summed E-state index contributed by atoms with van der Waals surface area (Å²) in [6.45, 7) is 5.21. The molecule has 0 aliphatic carbocycles. The minimum atomic E-state index is -0.915. The fourth-order valence-electron chi connectivity index (χ4n) is 2.18. The molecular weight excluding hydrogens is 274 g/mol. The maximum Gasteiger partial charge on any atom is 0.334 e. The lowest BCUT2D eigenvalue weighted by atomic mass is 10.3. The Morgan fingerprint density at radius 1 is 1.38 bits per heavy atom. The topological polar surface area (TPSA) is 68.2 Å². The zero-order chi connectivity index (χ0) is 15.1. The van der Waals surface area contributed by atoms with Crippen LogP contribution in [0.5, 0.6) is 11.5 Å². The first-order valence-electron chi connectivity index (χ1n) is 7.12. The summed E-state index contributed by atoms with van der Waals surface area (Å²) in [5.74, 6) is 0.523. The highest BCUT2D eigenvalue weighted by molar-refractivity contribution is 5.72. The number of rotatable bonds is 7. The van der Waals surface area contributed by atoms with E-state index in [-0.39, 0.29) is 0 Å². The van der Waals surface area contributed by atoms with Crippen LogP contribution in [0.2, 0.25) is 0 Å². The second kappa shape index (κ2) is 7.85. The number of nitrogens with zero attached hydrogens (tertiary/aromatic N) is 1. The third-order valence-corrected chi connectivity index (χ3v) is 3.24. The molecule has 0 amide bonds. The van der Waals surface area contributed by atoms with Gasteiger partial charge < -0.3 is 19.3 Å². The molecule has 21 heavy (non-hydrogen) atoms. The monoisotopic (exact) mass is 295 g/mol. The van der Waals surface area contributed by atoms with E-state index >= 15 is 0 Å². The third kappa shape index (κ3) is 4.61. The summed E-state index contributed by atoms with van der Waals surface area (Å²) in [5.41, 5.74) is 0. The molecule has 1 aromatic carbocycles. The Hall–Kier alpha value is -1.79. The standard InChI is InChI=1S/C15H21NO5/c1-2-19-12-5-3-4-6-13(12)20-9-7-16-8-10-21-14(11-16)15(17)18/h3-6,14H,2,7-11H2,1H3,(H,17,18). The first kappa shape index (κ1) is 15.6. The Labute approximate surface area is 124 Å². The highest BCUT2D eigenvalue weighted by Crippen LogP contribution is 2.26. The summed E-state index contributed by atoms with van der Waals surface area (Å²) in [7, 11) is 0. The lowest BCUT2D eigenvalue weighted by molar-refractivity contribution is -0.156. The number of ether oxygens (including phenoxy) is 3. The molecule has 1 aromatic rings. The van der Waals surface area contributed by atoms with Crippen molar-refractivity contribution in [2.75, 3.05) is 39.5 Å². The van der Waals surface area contributed by atoms with Crippen LogP contribution >= 0.6 is 0 Å². The maximum absolute atomic E-state index is 10.9. The molecule has 1 aliphatic heterocycles. The number of aliphatic carboxylic acids is 1. The van der Waals surface area contributed by atoms with E-state index in [0.717, 1.165) is 12.3 Å². The molecule has 1 saturated heterocycles. The van der Waals surface area contributed by atoms with E-state index in [4.69, 9.17) is 19.3 Å². The third-order valence-electron chi connectivity index (χ3n) is 3.24. The molecular formula is C15H21NO5. The van der Waals surface area contributed by atoms with Gasteiger partial charge in [-0.05, 0) is 19.1 Å². The number of carbonyl (C=O) groups is 1. The number of carboxylic acid groups (broad SMARTS) is 1. The van der Waals surface area contributed by atoms with Crippen molar-refractivity contribution >= 4 is 5.97 Å². The average molecular weight is 295 g/mol. The van der Waals surface area contributed by atoms with Gasteiger partial charge in [-0.2, -0.15) is 0 Å². The van der Waals surface area contributed by atoms with Crippen molar-refractivity contribution in [3.05, 3.63) is 24.3 Å². The highest BCUT2D eigenvalue weighted by Gasteiger charge is 2.25. The molecule has 116 valence electrons. The van der Waals surface area contributed by atoms with Crippen molar-refractivity contribution in [1.82, 2.24) is 4.90 Å². The number of hydrogen-bond donors (Lipinski definition) is 1. The van der Waals surface area contributed by atoms with Gasteiger partial charge in [0.2, 0.25) is 0 Å².